The SMILES string of the molecule is C=C(N)NC(=O)C1CCc2cc(C(N)=O)ccc2C1. The Bertz CT molecular complexity index is 552. The van der Waals surface area contributed by atoms with Crippen LogP contribution in [0.25, 0.3) is 0 Å². The van der Waals surface area contributed by atoms with Gasteiger partial charge in [-0.2, -0.15) is 0 Å². The van der Waals surface area contributed by atoms with Crippen molar-refractivity contribution in [2.24, 2.45) is 17.4 Å². The van der Waals surface area contributed by atoms with E-state index in [-0.39, 0.29) is 17.6 Å². The maximum atomic E-state index is 11.9. The molecule has 100 valence electrons. The molecular formula is C14H17N3O2. The van der Waals surface area contributed by atoms with E-state index < -0.39 is 5.91 Å². The van der Waals surface area contributed by atoms with Gasteiger partial charge < -0.3 is 16.8 Å². The van der Waals surface area contributed by atoms with E-state index in [0.29, 0.717) is 12.0 Å². The fourth-order valence-electron chi connectivity index (χ4n) is 2.39. The van der Waals surface area contributed by atoms with E-state index in [0.717, 1.165) is 24.0 Å². The van der Waals surface area contributed by atoms with E-state index in [1.54, 1.807) is 6.07 Å². The third kappa shape index (κ3) is 2.93. The van der Waals surface area contributed by atoms with Crippen molar-refractivity contribution in [3.63, 3.8) is 0 Å². The highest BCUT2D eigenvalue weighted by molar-refractivity contribution is 5.93. The average molecular weight is 259 g/mol. The van der Waals surface area contributed by atoms with Crippen molar-refractivity contribution >= 4 is 11.8 Å². The summed E-state index contributed by atoms with van der Waals surface area (Å²) < 4.78 is 0. The standard InChI is InChI=1S/C14H17N3O2/c1-8(15)17-14(19)12-5-3-9-6-11(13(16)18)4-2-10(9)7-12/h2,4,6,12H,1,3,5,7,15H2,(H2,16,18)(H,17,19). The molecule has 0 heterocycles. The van der Waals surface area contributed by atoms with Gasteiger partial charge in [0, 0.05) is 11.5 Å². The van der Waals surface area contributed by atoms with Gasteiger partial charge >= 0.3 is 0 Å². The van der Waals surface area contributed by atoms with Crippen LogP contribution in [0.2, 0.25) is 0 Å². The molecule has 5 N–H and O–H groups in total. The highest BCUT2D eigenvalue weighted by Gasteiger charge is 2.25. The molecule has 0 saturated heterocycles. The molecule has 5 heteroatoms. The quantitative estimate of drug-likeness (QED) is 0.734. The Kier molecular flexibility index (Phi) is 3.55. The van der Waals surface area contributed by atoms with Gasteiger partial charge in [0.2, 0.25) is 11.8 Å². The predicted molar refractivity (Wildman–Crippen MR) is 71.9 cm³/mol. The minimum Gasteiger partial charge on any atom is -0.386 e. The third-order valence-corrected chi connectivity index (χ3v) is 3.37. The first-order valence-corrected chi connectivity index (χ1v) is 6.14. The second-order valence-corrected chi connectivity index (χ2v) is 4.80. The maximum Gasteiger partial charge on any atom is 0.248 e. The molecule has 0 aliphatic heterocycles. The van der Waals surface area contributed by atoms with E-state index in [9.17, 15) is 9.59 Å². The topological polar surface area (TPSA) is 98.2 Å². The highest BCUT2D eigenvalue weighted by atomic mass is 16.2. The molecule has 1 aliphatic rings. The van der Waals surface area contributed by atoms with Crippen molar-refractivity contribution in [1.82, 2.24) is 5.32 Å². The smallest absolute Gasteiger partial charge is 0.248 e. The molecule has 1 aromatic rings. The number of benzene rings is 1. The Morgan fingerprint density at radius 2 is 2.00 bits per heavy atom. The van der Waals surface area contributed by atoms with Gasteiger partial charge in [0.05, 0.1) is 5.82 Å². The van der Waals surface area contributed by atoms with Crippen molar-refractivity contribution in [2.45, 2.75) is 19.3 Å². The third-order valence-electron chi connectivity index (χ3n) is 3.37. The van der Waals surface area contributed by atoms with Crippen LogP contribution in [0.3, 0.4) is 0 Å². The predicted octanol–water partition coefficient (Wildman–Crippen LogP) is 0.437. The van der Waals surface area contributed by atoms with Crippen LogP contribution in [0.1, 0.15) is 27.9 Å². The lowest BCUT2D eigenvalue weighted by Crippen LogP contribution is -2.35. The molecule has 1 aromatic carbocycles. The molecule has 0 radical (unpaired) electrons. The molecular weight excluding hydrogens is 242 g/mol. The van der Waals surface area contributed by atoms with Crippen LogP contribution < -0.4 is 16.8 Å². The molecule has 0 fully saturated rings. The van der Waals surface area contributed by atoms with Crippen LogP contribution in [0, 0.1) is 5.92 Å². The molecule has 0 bridgehead atoms. The molecule has 1 aliphatic carbocycles. The number of nitrogens with two attached hydrogens (primary N) is 2. The van der Waals surface area contributed by atoms with Crippen molar-refractivity contribution in [1.29, 1.82) is 0 Å². The summed E-state index contributed by atoms with van der Waals surface area (Å²) >= 11 is 0. The first kappa shape index (κ1) is 13.1. The molecule has 5 nitrogen and oxygen atoms in total. The van der Waals surface area contributed by atoms with Gasteiger partial charge in [-0.15, -0.1) is 0 Å². The van der Waals surface area contributed by atoms with Crippen LogP contribution in [0.5, 0.6) is 0 Å². The number of fused-ring (bicyclic) bond motifs is 1. The van der Waals surface area contributed by atoms with E-state index in [4.69, 9.17) is 11.5 Å². The minimum atomic E-state index is -0.429. The van der Waals surface area contributed by atoms with Crippen molar-refractivity contribution in [3.8, 4) is 0 Å². The van der Waals surface area contributed by atoms with Gasteiger partial charge in [0.1, 0.15) is 0 Å². The minimum absolute atomic E-state index is 0.0999. The summed E-state index contributed by atoms with van der Waals surface area (Å²) in [5.74, 6) is -0.466. The van der Waals surface area contributed by atoms with Crippen molar-refractivity contribution < 1.29 is 9.59 Å². The number of nitrogens with one attached hydrogen (secondary N) is 1. The number of carbonyl (C=O) groups is 2. The van der Waals surface area contributed by atoms with Gasteiger partial charge in [-0.1, -0.05) is 12.6 Å². The zero-order chi connectivity index (χ0) is 14.0. The summed E-state index contributed by atoms with van der Waals surface area (Å²) in [6.45, 7) is 3.46. The summed E-state index contributed by atoms with van der Waals surface area (Å²) in [6.07, 6.45) is 2.13. The molecule has 19 heavy (non-hydrogen) atoms. The highest BCUT2D eigenvalue weighted by Crippen LogP contribution is 2.26. The van der Waals surface area contributed by atoms with Crippen LogP contribution in [-0.2, 0) is 17.6 Å². The Balaban J connectivity index is 2.14. The van der Waals surface area contributed by atoms with Gasteiger partial charge in [0.25, 0.3) is 0 Å². The van der Waals surface area contributed by atoms with E-state index in [1.165, 1.54) is 0 Å². The summed E-state index contributed by atoms with van der Waals surface area (Å²) in [4.78, 5) is 23.0. The Morgan fingerprint density at radius 3 is 2.63 bits per heavy atom. The Labute approximate surface area is 111 Å². The van der Waals surface area contributed by atoms with E-state index in [2.05, 4.69) is 11.9 Å². The number of hydrogen-bond acceptors (Lipinski definition) is 3. The van der Waals surface area contributed by atoms with Gasteiger partial charge in [-0.05, 0) is 42.5 Å². The zero-order valence-electron chi connectivity index (χ0n) is 10.6. The normalized spacial score (nSPS) is 17.4. The molecule has 0 aromatic heterocycles. The maximum absolute atomic E-state index is 11.9. The van der Waals surface area contributed by atoms with Crippen LogP contribution in [0.15, 0.2) is 30.6 Å². The Morgan fingerprint density at radius 1 is 1.26 bits per heavy atom. The first-order valence-electron chi connectivity index (χ1n) is 6.14. The Hall–Kier alpha value is -2.30. The molecule has 2 amide bonds. The number of amides is 2. The first-order chi connectivity index (χ1) is 8.97. The number of primary amides is 1. The molecule has 1 atom stereocenters. The summed E-state index contributed by atoms with van der Waals surface area (Å²) in [5, 5.41) is 2.54. The van der Waals surface area contributed by atoms with E-state index in [1.807, 2.05) is 12.1 Å². The summed E-state index contributed by atoms with van der Waals surface area (Å²) in [5.41, 5.74) is 13.3. The molecule has 1 unspecified atom stereocenters. The lowest BCUT2D eigenvalue weighted by Gasteiger charge is -2.24. The number of aryl methyl sites for hydroxylation is 1. The van der Waals surface area contributed by atoms with Crippen LogP contribution >= 0.6 is 0 Å². The van der Waals surface area contributed by atoms with Gasteiger partial charge in [-0.25, -0.2) is 0 Å². The molecule has 2 rings (SSSR count). The zero-order valence-corrected chi connectivity index (χ0v) is 10.6. The number of hydrogen-bond donors (Lipinski definition) is 3. The molecule has 0 saturated carbocycles. The monoisotopic (exact) mass is 259 g/mol. The second-order valence-electron chi connectivity index (χ2n) is 4.80. The van der Waals surface area contributed by atoms with Crippen LogP contribution in [0.4, 0.5) is 0 Å². The lowest BCUT2D eigenvalue weighted by atomic mass is 9.82. The van der Waals surface area contributed by atoms with Crippen molar-refractivity contribution in [3.05, 3.63) is 47.3 Å². The second kappa shape index (κ2) is 5.14. The van der Waals surface area contributed by atoms with E-state index >= 15 is 0 Å². The van der Waals surface area contributed by atoms with Gasteiger partial charge in [0.15, 0.2) is 0 Å². The fraction of sp³-hybridized carbons (Fsp3) is 0.286. The van der Waals surface area contributed by atoms with Crippen molar-refractivity contribution in [2.75, 3.05) is 0 Å². The van der Waals surface area contributed by atoms with Gasteiger partial charge in [-0.3, -0.25) is 9.59 Å². The average Bonchev–Trinajstić information content (AvgIpc) is 2.36. The molecule has 0 spiro atoms. The number of carbonyl (C=O) groups excluding carboxylic acids is 2. The van der Waals surface area contributed by atoms with Crippen LogP contribution in [-0.4, -0.2) is 11.8 Å². The summed E-state index contributed by atoms with van der Waals surface area (Å²) in [6, 6.07) is 5.38. The lowest BCUT2D eigenvalue weighted by molar-refractivity contribution is -0.124. The fourth-order valence-corrected chi connectivity index (χ4v) is 2.39. The number of rotatable bonds is 3. The largest absolute Gasteiger partial charge is 0.386 e. The summed E-state index contributed by atoms with van der Waals surface area (Å²) in [7, 11) is 0.